The minimum Gasteiger partial charge on any atom is -0.394 e. The van der Waals surface area contributed by atoms with Gasteiger partial charge in [-0.3, -0.25) is 0 Å². The third kappa shape index (κ3) is 3.63. The van der Waals surface area contributed by atoms with Gasteiger partial charge in [0.25, 0.3) is 0 Å². The fourth-order valence-corrected chi connectivity index (χ4v) is 3.61. The summed E-state index contributed by atoms with van der Waals surface area (Å²) in [6.45, 7) is 0.117. The van der Waals surface area contributed by atoms with Gasteiger partial charge in [0.05, 0.1) is 23.3 Å². The van der Waals surface area contributed by atoms with E-state index in [0.29, 0.717) is 30.6 Å². The molecule has 1 N–H and O–H groups in total. The third-order valence-electron chi connectivity index (χ3n) is 5.01. The maximum Gasteiger partial charge on any atom is 0.416 e. The van der Waals surface area contributed by atoms with Gasteiger partial charge >= 0.3 is 12.4 Å². The maximum atomic E-state index is 12.8. The molecule has 0 aromatic heterocycles. The standard InChI is InChI=1S/C19H17F6NO/c20-18(21,22)14-4-2-13(3-5-14)17(12-27)10-1-11-26(17)16-8-6-15(7-9-16)19(23,24)25/h2-9,27H,1,10-12H2/t17-/m1/s1. The van der Waals surface area contributed by atoms with Crippen LogP contribution >= 0.6 is 0 Å². The highest BCUT2D eigenvalue weighted by atomic mass is 19.4. The number of hydrogen-bond donors (Lipinski definition) is 1. The van der Waals surface area contributed by atoms with Crippen molar-refractivity contribution in [2.24, 2.45) is 0 Å². The van der Waals surface area contributed by atoms with Crippen molar-refractivity contribution in [3.8, 4) is 0 Å². The zero-order valence-corrected chi connectivity index (χ0v) is 14.1. The number of benzene rings is 2. The average molecular weight is 389 g/mol. The third-order valence-corrected chi connectivity index (χ3v) is 5.01. The van der Waals surface area contributed by atoms with E-state index in [1.807, 2.05) is 0 Å². The molecule has 27 heavy (non-hydrogen) atoms. The fourth-order valence-electron chi connectivity index (χ4n) is 3.61. The summed E-state index contributed by atoms with van der Waals surface area (Å²) >= 11 is 0. The molecule has 0 unspecified atom stereocenters. The van der Waals surface area contributed by atoms with Crippen molar-refractivity contribution >= 4 is 5.69 Å². The van der Waals surface area contributed by atoms with Gasteiger partial charge in [0.1, 0.15) is 0 Å². The van der Waals surface area contributed by atoms with E-state index in [4.69, 9.17) is 0 Å². The maximum absolute atomic E-state index is 12.8. The number of alkyl halides is 6. The highest BCUT2D eigenvalue weighted by molar-refractivity contribution is 5.54. The molecule has 146 valence electrons. The van der Waals surface area contributed by atoms with Crippen LogP contribution < -0.4 is 4.90 Å². The number of aliphatic hydroxyl groups is 1. The lowest BCUT2D eigenvalue weighted by Crippen LogP contribution is -2.44. The average Bonchev–Trinajstić information content (AvgIpc) is 3.05. The Bertz CT molecular complexity index is 782. The molecule has 1 fully saturated rings. The van der Waals surface area contributed by atoms with Crippen LogP contribution in [0.25, 0.3) is 0 Å². The largest absolute Gasteiger partial charge is 0.416 e. The predicted octanol–water partition coefficient (Wildman–Crippen LogP) is 5.21. The number of aliphatic hydroxyl groups excluding tert-OH is 1. The van der Waals surface area contributed by atoms with Gasteiger partial charge in [-0.15, -0.1) is 0 Å². The van der Waals surface area contributed by atoms with E-state index in [9.17, 15) is 31.4 Å². The zero-order valence-electron chi connectivity index (χ0n) is 14.1. The van der Waals surface area contributed by atoms with Gasteiger partial charge in [-0.2, -0.15) is 26.3 Å². The number of nitrogens with zero attached hydrogens (tertiary/aromatic N) is 1. The van der Waals surface area contributed by atoms with E-state index in [1.165, 1.54) is 24.3 Å². The highest BCUT2D eigenvalue weighted by Gasteiger charge is 2.43. The Hall–Kier alpha value is -2.22. The molecule has 1 aliphatic rings. The van der Waals surface area contributed by atoms with Crippen LogP contribution in [0.1, 0.15) is 29.5 Å². The lowest BCUT2D eigenvalue weighted by molar-refractivity contribution is -0.138. The van der Waals surface area contributed by atoms with Crippen molar-refractivity contribution in [2.45, 2.75) is 30.7 Å². The topological polar surface area (TPSA) is 23.5 Å². The van der Waals surface area contributed by atoms with Crippen LogP contribution in [-0.4, -0.2) is 18.3 Å². The van der Waals surface area contributed by atoms with Crippen molar-refractivity contribution < 1.29 is 31.4 Å². The van der Waals surface area contributed by atoms with Crippen molar-refractivity contribution in [2.75, 3.05) is 18.1 Å². The van der Waals surface area contributed by atoms with Gasteiger partial charge in [-0.1, -0.05) is 12.1 Å². The first-order valence-electron chi connectivity index (χ1n) is 8.31. The van der Waals surface area contributed by atoms with Gasteiger partial charge in [0.15, 0.2) is 0 Å². The molecule has 2 aromatic carbocycles. The second kappa shape index (κ2) is 6.74. The van der Waals surface area contributed by atoms with Crippen LogP contribution in [0.5, 0.6) is 0 Å². The molecule has 1 heterocycles. The quantitative estimate of drug-likeness (QED) is 0.729. The summed E-state index contributed by atoms with van der Waals surface area (Å²) in [5, 5.41) is 10.1. The van der Waals surface area contributed by atoms with Gasteiger partial charge < -0.3 is 10.0 Å². The molecule has 3 rings (SSSR count). The van der Waals surface area contributed by atoms with E-state index in [-0.39, 0.29) is 6.61 Å². The minimum atomic E-state index is -4.46. The van der Waals surface area contributed by atoms with E-state index in [1.54, 1.807) is 4.90 Å². The van der Waals surface area contributed by atoms with Gasteiger partial charge in [0, 0.05) is 12.2 Å². The summed E-state index contributed by atoms with van der Waals surface area (Å²) < 4.78 is 76.7. The zero-order chi connectivity index (χ0) is 19.9. The van der Waals surface area contributed by atoms with Crippen molar-refractivity contribution in [1.29, 1.82) is 0 Å². The lowest BCUT2D eigenvalue weighted by Gasteiger charge is -2.39. The van der Waals surface area contributed by atoms with Crippen LogP contribution in [0.4, 0.5) is 32.0 Å². The predicted molar refractivity (Wildman–Crippen MR) is 88.2 cm³/mol. The summed E-state index contributed by atoms with van der Waals surface area (Å²) in [5.41, 5.74) is -1.57. The number of anilines is 1. The molecular formula is C19H17F6NO. The molecule has 2 nitrogen and oxygen atoms in total. The Balaban J connectivity index is 1.96. The number of rotatable bonds is 3. The molecule has 1 aliphatic heterocycles. The summed E-state index contributed by atoms with van der Waals surface area (Å²) in [5.74, 6) is 0. The normalized spacial score (nSPS) is 20.9. The summed E-state index contributed by atoms with van der Waals surface area (Å²) in [7, 11) is 0. The number of halogens is 6. The Morgan fingerprint density at radius 3 is 1.74 bits per heavy atom. The summed E-state index contributed by atoms with van der Waals surface area (Å²) in [4.78, 5) is 1.76. The van der Waals surface area contributed by atoms with Crippen molar-refractivity contribution in [3.05, 3.63) is 65.2 Å². The molecule has 8 heteroatoms. The van der Waals surface area contributed by atoms with Crippen LogP contribution in [0.2, 0.25) is 0 Å². The van der Waals surface area contributed by atoms with Crippen molar-refractivity contribution in [1.82, 2.24) is 0 Å². The number of hydrogen-bond acceptors (Lipinski definition) is 2. The molecule has 1 atom stereocenters. The summed E-state index contributed by atoms with van der Waals surface area (Å²) in [6, 6.07) is 9.12. The molecule has 0 spiro atoms. The van der Waals surface area contributed by atoms with Crippen LogP contribution in [0.3, 0.4) is 0 Å². The molecule has 0 bridgehead atoms. The Kier molecular flexibility index (Phi) is 4.88. The SMILES string of the molecule is OC[C@@]1(c2ccc(C(F)(F)F)cc2)CCCN1c1ccc(C(F)(F)F)cc1. The van der Waals surface area contributed by atoms with E-state index < -0.39 is 29.0 Å². The molecule has 0 aliphatic carbocycles. The van der Waals surface area contributed by atoms with E-state index in [2.05, 4.69) is 0 Å². The van der Waals surface area contributed by atoms with Crippen LogP contribution in [-0.2, 0) is 17.9 Å². The molecule has 0 saturated carbocycles. The second-order valence-corrected chi connectivity index (χ2v) is 6.56. The Morgan fingerprint density at radius 1 is 0.815 bits per heavy atom. The molecule has 0 radical (unpaired) electrons. The first kappa shape index (κ1) is 19.5. The first-order chi connectivity index (χ1) is 12.6. The molecule has 0 amide bonds. The minimum absolute atomic E-state index is 0.362. The van der Waals surface area contributed by atoms with Gasteiger partial charge in [-0.05, 0) is 54.8 Å². The Labute approximate surface area is 152 Å². The molecule has 1 saturated heterocycles. The molecule has 2 aromatic rings. The fraction of sp³-hybridized carbons (Fsp3) is 0.368. The summed E-state index contributed by atoms with van der Waals surface area (Å²) in [6.07, 6.45) is -7.78. The van der Waals surface area contributed by atoms with Gasteiger partial charge in [-0.25, -0.2) is 0 Å². The first-order valence-corrected chi connectivity index (χ1v) is 8.31. The highest BCUT2D eigenvalue weighted by Crippen LogP contribution is 2.43. The molecular weight excluding hydrogens is 372 g/mol. The lowest BCUT2D eigenvalue weighted by atomic mass is 9.87. The second-order valence-electron chi connectivity index (χ2n) is 6.56. The van der Waals surface area contributed by atoms with Gasteiger partial charge in [0.2, 0.25) is 0 Å². The smallest absolute Gasteiger partial charge is 0.394 e. The van der Waals surface area contributed by atoms with E-state index in [0.717, 1.165) is 24.3 Å². The monoisotopic (exact) mass is 389 g/mol. The van der Waals surface area contributed by atoms with Crippen LogP contribution in [0, 0.1) is 0 Å². The Morgan fingerprint density at radius 2 is 1.30 bits per heavy atom. The van der Waals surface area contributed by atoms with Crippen molar-refractivity contribution in [3.63, 3.8) is 0 Å². The van der Waals surface area contributed by atoms with E-state index >= 15 is 0 Å². The van der Waals surface area contributed by atoms with Crippen LogP contribution in [0.15, 0.2) is 48.5 Å².